The molecule has 2 aromatic carbocycles. The molecule has 3 heterocycles. The highest BCUT2D eigenvalue weighted by Crippen LogP contribution is 2.37. The Morgan fingerprint density at radius 3 is 2.61 bits per heavy atom. The number of nitrogens with zero attached hydrogens (tertiary/aromatic N) is 2. The maximum absolute atomic E-state index is 10.7. The van der Waals surface area contributed by atoms with E-state index in [4.69, 9.17) is 10.1 Å². The van der Waals surface area contributed by atoms with Crippen LogP contribution in [0, 0.1) is 5.41 Å². The number of nitrogens with one attached hydrogen (secondary N) is 1. The van der Waals surface area contributed by atoms with Crippen LogP contribution in [0.2, 0.25) is 0 Å². The minimum absolute atomic E-state index is 0.407. The van der Waals surface area contributed by atoms with Gasteiger partial charge >= 0.3 is 0 Å². The molecule has 2 aliphatic heterocycles. The molecule has 0 amide bonds. The van der Waals surface area contributed by atoms with Crippen LogP contribution in [0.1, 0.15) is 66.8 Å². The molecule has 5 heteroatoms. The van der Waals surface area contributed by atoms with Gasteiger partial charge in [-0.3, -0.25) is 10.4 Å². The number of hydrogen-bond donors (Lipinski definition) is 2. The molecular weight excluding hydrogens is 446 g/mol. The maximum atomic E-state index is 10.7. The number of pyridine rings is 1. The zero-order valence-corrected chi connectivity index (χ0v) is 21.1. The van der Waals surface area contributed by atoms with E-state index in [0.29, 0.717) is 24.5 Å². The van der Waals surface area contributed by atoms with Crippen LogP contribution in [-0.2, 0) is 18.4 Å². The second-order valence-corrected chi connectivity index (χ2v) is 10.9. The molecule has 1 unspecified atom stereocenters. The molecule has 36 heavy (non-hydrogen) atoms. The average molecular weight is 482 g/mol. The quantitative estimate of drug-likeness (QED) is 0.381. The molecule has 0 radical (unpaired) electrons. The van der Waals surface area contributed by atoms with Crippen molar-refractivity contribution in [1.82, 2.24) is 9.88 Å². The van der Waals surface area contributed by atoms with Gasteiger partial charge in [0.15, 0.2) is 0 Å². The summed E-state index contributed by atoms with van der Waals surface area (Å²) in [5.74, 6) is 0.663. The molecule has 1 saturated heterocycles. The molecule has 0 bridgehead atoms. The van der Waals surface area contributed by atoms with E-state index >= 15 is 0 Å². The van der Waals surface area contributed by atoms with Crippen LogP contribution >= 0.6 is 0 Å². The first-order valence-corrected chi connectivity index (χ1v) is 13.4. The van der Waals surface area contributed by atoms with Crippen molar-refractivity contribution in [2.24, 2.45) is 0 Å². The number of fused-ring (bicyclic) bond motifs is 2. The van der Waals surface area contributed by atoms with Crippen molar-refractivity contribution in [3.05, 3.63) is 82.7 Å². The van der Waals surface area contributed by atoms with Crippen molar-refractivity contribution in [1.29, 1.82) is 5.41 Å². The van der Waals surface area contributed by atoms with Gasteiger partial charge in [0.25, 0.3) is 0 Å². The average Bonchev–Trinajstić information content (AvgIpc) is 3.35. The number of hydrogen-bond acceptors (Lipinski definition) is 5. The van der Waals surface area contributed by atoms with Crippen molar-refractivity contribution in [2.75, 3.05) is 19.7 Å². The number of likely N-dealkylation sites (tertiary alicyclic amines) is 1. The van der Waals surface area contributed by atoms with Gasteiger partial charge in [-0.2, -0.15) is 0 Å². The molecule has 0 spiro atoms. The van der Waals surface area contributed by atoms with Gasteiger partial charge in [-0.25, -0.2) is 0 Å². The number of benzene rings is 2. The van der Waals surface area contributed by atoms with Crippen molar-refractivity contribution in [3.63, 3.8) is 0 Å². The van der Waals surface area contributed by atoms with E-state index in [9.17, 15) is 5.11 Å². The molecule has 0 saturated carbocycles. The number of aliphatic hydroxyl groups is 1. The molecule has 1 aromatic heterocycles. The summed E-state index contributed by atoms with van der Waals surface area (Å²) >= 11 is 0. The summed E-state index contributed by atoms with van der Waals surface area (Å²) in [6.45, 7) is 4.84. The van der Waals surface area contributed by atoms with Gasteiger partial charge in [0.05, 0.1) is 17.9 Å². The van der Waals surface area contributed by atoms with Gasteiger partial charge in [-0.05, 0) is 87.4 Å². The Hall–Kier alpha value is -3.02. The van der Waals surface area contributed by atoms with E-state index in [-0.39, 0.29) is 0 Å². The lowest BCUT2D eigenvalue weighted by Crippen LogP contribution is -2.32. The van der Waals surface area contributed by atoms with Gasteiger partial charge in [0, 0.05) is 47.1 Å². The summed E-state index contributed by atoms with van der Waals surface area (Å²) in [6, 6.07) is 15.3. The van der Waals surface area contributed by atoms with Crippen molar-refractivity contribution in [3.8, 4) is 16.9 Å². The predicted molar refractivity (Wildman–Crippen MR) is 143 cm³/mol. The first-order chi connectivity index (χ1) is 17.5. The van der Waals surface area contributed by atoms with E-state index in [0.717, 1.165) is 41.1 Å². The van der Waals surface area contributed by atoms with Gasteiger partial charge < -0.3 is 14.7 Å². The highest BCUT2D eigenvalue weighted by molar-refractivity contribution is 6.11. The van der Waals surface area contributed by atoms with Gasteiger partial charge in [-0.15, -0.1) is 0 Å². The topological polar surface area (TPSA) is 69.4 Å². The van der Waals surface area contributed by atoms with Crippen LogP contribution in [0.5, 0.6) is 5.75 Å². The first kappa shape index (κ1) is 23.4. The summed E-state index contributed by atoms with van der Waals surface area (Å²) in [4.78, 5) is 7.20. The minimum Gasteiger partial charge on any atom is -0.493 e. The lowest BCUT2D eigenvalue weighted by atomic mass is 9.88. The normalized spacial score (nSPS) is 23.9. The van der Waals surface area contributed by atoms with Crippen LogP contribution in [-0.4, -0.2) is 46.4 Å². The fourth-order valence-corrected chi connectivity index (χ4v) is 6.18. The molecule has 3 aliphatic rings. The zero-order chi connectivity index (χ0) is 24.7. The maximum Gasteiger partial charge on any atom is 0.126 e. The third kappa shape index (κ3) is 4.46. The summed E-state index contributed by atoms with van der Waals surface area (Å²) in [6.07, 6.45) is 11.7. The second-order valence-electron chi connectivity index (χ2n) is 10.9. The number of aryl methyl sites for hydroxylation is 2. The second kappa shape index (κ2) is 9.45. The van der Waals surface area contributed by atoms with E-state index in [1.807, 2.05) is 31.3 Å². The fourth-order valence-electron chi connectivity index (χ4n) is 6.18. The van der Waals surface area contributed by atoms with E-state index in [1.54, 1.807) is 6.20 Å². The monoisotopic (exact) mass is 481 g/mol. The molecule has 2 atom stereocenters. The molecule has 2 N–H and O–H groups in total. The Labute approximate surface area is 213 Å². The van der Waals surface area contributed by atoms with Gasteiger partial charge in [-0.1, -0.05) is 30.3 Å². The van der Waals surface area contributed by atoms with Gasteiger partial charge in [0.1, 0.15) is 5.75 Å². The van der Waals surface area contributed by atoms with E-state index in [1.165, 1.54) is 55.5 Å². The number of rotatable bonds is 4. The van der Waals surface area contributed by atoms with Crippen LogP contribution in [0.15, 0.2) is 54.9 Å². The lowest BCUT2D eigenvalue weighted by Gasteiger charge is -2.31. The predicted octanol–water partition coefficient (Wildman–Crippen LogP) is 5.50. The molecule has 1 fully saturated rings. The Balaban J connectivity index is 1.23. The van der Waals surface area contributed by atoms with Crippen LogP contribution < -0.4 is 4.74 Å². The number of aromatic nitrogens is 1. The molecular formula is C31H35N3O2. The summed E-state index contributed by atoms with van der Waals surface area (Å²) in [5, 5.41) is 19.5. The summed E-state index contributed by atoms with van der Waals surface area (Å²) in [5.41, 5.74) is 7.00. The van der Waals surface area contributed by atoms with Crippen LogP contribution in [0.4, 0.5) is 0 Å². The molecule has 3 aromatic rings. The van der Waals surface area contributed by atoms with E-state index < -0.39 is 5.60 Å². The van der Waals surface area contributed by atoms with Crippen molar-refractivity contribution in [2.45, 2.75) is 63.5 Å². The molecule has 5 nitrogen and oxygen atoms in total. The summed E-state index contributed by atoms with van der Waals surface area (Å²) in [7, 11) is 0. The molecule has 6 rings (SSSR count). The van der Waals surface area contributed by atoms with Gasteiger partial charge in [0.2, 0.25) is 0 Å². The smallest absolute Gasteiger partial charge is 0.126 e. The third-order valence-corrected chi connectivity index (χ3v) is 8.41. The van der Waals surface area contributed by atoms with Crippen molar-refractivity contribution >= 4 is 5.71 Å². The highest BCUT2D eigenvalue weighted by atomic mass is 16.5. The fraction of sp³-hybridized carbons (Fsp3) is 0.419. The Morgan fingerprint density at radius 1 is 0.972 bits per heavy atom. The molecule has 1 aliphatic carbocycles. The number of ether oxygens (including phenoxy) is 1. The van der Waals surface area contributed by atoms with Crippen LogP contribution in [0.3, 0.4) is 0 Å². The van der Waals surface area contributed by atoms with E-state index in [2.05, 4.69) is 34.1 Å². The minimum atomic E-state index is -0.893. The SMILES string of the molecule is CC1(O)CCOc2cc(C(=N)c3cncc(-c4ccc5c(c4)CC[C@@H](N4CCCC4)CC5)c3)ccc21. The largest absolute Gasteiger partial charge is 0.493 e. The molecule has 186 valence electrons. The standard InChI is InChI=1S/C31H35N3O2/c1-31(35)12-15-36-29-18-24(8-11-28(29)31)30(32)26-17-25(19-33-20-26)23-5-4-21-6-9-27(10-7-22(21)16-23)34-13-2-3-14-34/h4-5,8,11,16-20,27,32,35H,2-3,6-7,9-10,12-15H2,1H3/t27-,31?/m0/s1. The van der Waals surface area contributed by atoms with Crippen molar-refractivity contribution < 1.29 is 9.84 Å². The first-order valence-electron chi connectivity index (χ1n) is 13.4. The Morgan fingerprint density at radius 2 is 1.78 bits per heavy atom. The van der Waals surface area contributed by atoms with Crippen LogP contribution in [0.25, 0.3) is 11.1 Å². The zero-order valence-electron chi connectivity index (χ0n) is 21.1. The summed E-state index contributed by atoms with van der Waals surface area (Å²) < 4.78 is 5.81. The Bertz CT molecular complexity index is 1290. The Kier molecular flexibility index (Phi) is 6.14. The lowest BCUT2D eigenvalue weighted by molar-refractivity contribution is 0.0147. The third-order valence-electron chi connectivity index (χ3n) is 8.41. The highest BCUT2D eigenvalue weighted by Gasteiger charge is 2.31.